The monoisotopic (exact) mass is 399 g/mol. The van der Waals surface area contributed by atoms with Crippen molar-refractivity contribution in [2.75, 3.05) is 11.1 Å². The number of fused-ring (bicyclic) bond motifs is 1. The van der Waals surface area contributed by atoms with Gasteiger partial charge >= 0.3 is 0 Å². The van der Waals surface area contributed by atoms with Crippen LogP contribution >= 0.6 is 22.9 Å². The first kappa shape index (κ1) is 16.3. The lowest BCUT2D eigenvalue weighted by atomic mass is 10.1. The molecule has 1 amide bonds. The van der Waals surface area contributed by atoms with Crippen LogP contribution in [0.3, 0.4) is 0 Å². The number of hydrogen-bond donors (Lipinski definition) is 3. The number of nitrogens with zero attached hydrogens (tertiary/aromatic N) is 4. The molecule has 136 valence electrons. The molecule has 10 heteroatoms. The lowest BCUT2D eigenvalue weighted by Gasteiger charge is -2.08. The molecule has 0 unspecified atom stereocenters. The highest BCUT2D eigenvalue weighted by Gasteiger charge is 2.30. The van der Waals surface area contributed by atoms with Gasteiger partial charge < -0.3 is 11.1 Å². The predicted molar refractivity (Wildman–Crippen MR) is 105 cm³/mol. The number of imidazole rings is 1. The molecule has 0 radical (unpaired) electrons. The molecular formula is C17H14ClN7OS. The van der Waals surface area contributed by atoms with Crippen molar-refractivity contribution in [1.82, 2.24) is 24.7 Å². The molecule has 1 fully saturated rings. The van der Waals surface area contributed by atoms with Crippen LogP contribution in [0.4, 0.5) is 10.8 Å². The van der Waals surface area contributed by atoms with E-state index in [9.17, 15) is 4.79 Å². The predicted octanol–water partition coefficient (Wildman–Crippen LogP) is 3.46. The van der Waals surface area contributed by atoms with Gasteiger partial charge in [0.1, 0.15) is 11.0 Å². The zero-order valence-electron chi connectivity index (χ0n) is 13.9. The van der Waals surface area contributed by atoms with E-state index in [2.05, 4.69) is 25.5 Å². The lowest BCUT2D eigenvalue weighted by molar-refractivity contribution is -0.117. The summed E-state index contributed by atoms with van der Waals surface area (Å²) in [6.07, 6.45) is 5.28. The van der Waals surface area contributed by atoms with E-state index in [1.54, 1.807) is 24.7 Å². The Morgan fingerprint density at radius 1 is 1.41 bits per heavy atom. The second-order valence-corrected chi connectivity index (χ2v) is 7.80. The summed E-state index contributed by atoms with van der Waals surface area (Å²) in [6, 6.07) is 5.34. The Morgan fingerprint density at radius 3 is 3.04 bits per heavy atom. The van der Waals surface area contributed by atoms with Crippen LogP contribution in [0.25, 0.3) is 27.4 Å². The van der Waals surface area contributed by atoms with E-state index >= 15 is 0 Å². The summed E-state index contributed by atoms with van der Waals surface area (Å²) in [6.45, 7) is 0. The number of anilines is 2. The van der Waals surface area contributed by atoms with Crippen molar-refractivity contribution in [1.29, 1.82) is 0 Å². The molecule has 1 saturated carbocycles. The summed E-state index contributed by atoms with van der Waals surface area (Å²) < 4.78 is 2.66. The Labute approximate surface area is 162 Å². The van der Waals surface area contributed by atoms with Gasteiger partial charge in [0.05, 0.1) is 16.9 Å². The fourth-order valence-corrected chi connectivity index (χ4v) is 4.07. The maximum atomic E-state index is 12.0. The van der Waals surface area contributed by atoms with Crippen LogP contribution in [0.15, 0.2) is 30.7 Å². The third kappa shape index (κ3) is 2.84. The molecule has 0 bridgehead atoms. The van der Waals surface area contributed by atoms with E-state index in [1.165, 1.54) is 11.3 Å². The number of carbonyl (C=O) groups excluding carboxylic acids is 1. The maximum absolute atomic E-state index is 12.0. The molecular weight excluding hydrogens is 386 g/mol. The Hall–Kier alpha value is -2.91. The number of carbonyl (C=O) groups is 1. The third-order valence-corrected chi connectivity index (χ3v) is 5.69. The SMILES string of the molecule is Nc1ccc(-c2cncn2-c2n[nH]c3nc(NC(=O)C4CC4)sc23)c(Cl)c1. The van der Waals surface area contributed by atoms with Crippen molar-refractivity contribution >= 4 is 50.0 Å². The summed E-state index contributed by atoms with van der Waals surface area (Å²) in [5.74, 6) is 0.797. The average Bonchev–Trinajstić information content (AvgIpc) is 3.07. The van der Waals surface area contributed by atoms with Crippen molar-refractivity contribution in [3.63, 3.8) is 0 Å². The van der Waals surface area contributed by atoms with Gasteiger partial charge in [-0.1, -0.05) is 22.9 Å². The molecule has 0 saturated heterocycles. The first-order valence-electron chi connectivity index (χ1n) is 8.34. The van der Waals surface area contributed by atoms with Crippen LogP contribution < -0.4 is 11.1 Å². The zero-order valence-corrected chi connectivity index (χ0v) is 15.5. The zero-order chi connectivity index (χ0) is 18.5. The third-order valence-electron chi connectivity index (χ3n) is 4.41. The minimum Gasteiger partial charge on any atom is -0.399 e. The van der Waals surface area contributed by atoms with E-state index < -0.39 is 0 Å². The largest absolute Gasteiger partial charge is 0.399 e. The topological polar surface area (TPSA) is 115 Å². The summed E-state index contributed by atoms with van der Waals surface area (Å²) in [5.41, 5.74) is 8.58. The number of benzene rings is 1. The number of halogens is 1. The van der Waals surface area contributed by atoms with Crippen molar-refractivity contribution in [2.45, 2.75) is 12.8 Å². The molecule has 4 N–H and O–H groups in total. The van der Waals surface area contributed by atoms with Gasteiger partial charge in [-0.25, -0.2) is 9.97 Å². The van der Waals surface area contributed by atoms with E-state index in [0.29, 0.717) is 27.3 Å². The number of aromatic nitrogens is 5. The number of aromatic amines is 1. The fourth-order valence-electron chi connectivity index (χ4n) is 2.88. The number of rotatable bonds is 4. The normalized spacial score (nSPS) is 14.0. The molecule has 3 aromatic heterocycles. The van der Waals surface area contributed by atoms with Crippen molar-refractivity contribution < 1.29 is 4.79 Å². The van der Waals surface area contributed by atoms with Crippen LogP contribution in [0.1, 0.15) is 12.8 Å². The highest BCUT2D eigenvalue weighted by Crippen LogP contribution is 2.36. The van der Waals surface area contributed by atoms with Crippen molar-refractivity contribution in [2.24, 2.45) is 5.92 Å². The van der Waals surface area contributed by atoms with E-state index in [-0.39, 0.29) is 11.8 Å². The fraction of sp³-hybridized carbons (Fsp3) is 0.176. The molecule has 27 heavy (non-hydrogen) atoms. The van der Waals surface area contributed by atoms with Crippen LogP contribution in [0.5, 0.6) is 0 Å². The number of nitrogens with one attached hydrogen (secondary N) is 2. The van der Waals surface area contributed by atoms with Gasteiger partial charge in [0.25, 0.3) is 0 Å². The second-order valence-electron chi connectivity index (χ2n) is 6.40. The highest BCUT2D eigenvalue weighted by molar-refractivity contribution is 7.22. The van der Waals surface area contributed by atoms with Crippen molar-refractivity contribution in [3.8, 4) is 17.1 Å². The Balaban J connectivity index is 1.55. The highest BCUT2D eigenvalue weighted by atomic mass is 35.5. The van der Waals surface area contributed by atoms with Crippen molar-refractivity contribution in [3.05, 3.63) is 35.7 Å². The van der Waals surface area contributed by atoms with Crippen LogP contribution in [0, 0.1) is 5.92 Å². The van der Waals surface area contributed by atoms with Crippen LogP contribution in [-0.2, 0) is 4.79 Å². The smallest absolute Gasteiger partial charge is 0.229 e. The molecule has 3 heterocycles. The minimum atomic E-state index is 0.0258. The molecule has 1 aliphatic rings. The Morgan fingerprint density at radius 2 is 2.26 bits per heavy atom. The molecule has 0 atom stereocenters. The van der Waals surface area contributed by atoms with Gasteiger partial charge in [0.2, 0.25) is 5.91 Å². The number of thiazole rings is 1. The van der Waals surface area contributed by atoms with Crippen LogP contribution in [0.2, 0.25) is 5.02 Å². The maximum Gasteiger partial charge on any atom is 0.229 e. The van der Waals surface area contributed by atoms with Gasteiger partial charge in [0.15, 0.2) is 16.6 Å². The quantitative estimate of drug-likeness (QED) is 0.454. The molecule has 5 rings (SSSR count). The number of amides is 1. The first-order valence-corrected chi connectivity index (χ1v) is 9.53. The van der Waals surface area contributed by atoms with E-state index in [4.69, 9.17) is 17.3 Å². The summed E-state index contributed by atoms with van der Waals surface area (Å²) in [7, 11) is 0. The summed E-state index contributed by atoms with van der Waals surface area (Å²) >= 11 is 7.74. The number of nitrogens with two attached hydrogens (primary N) is 1. The number of H-pyrrole nitrogens is 1. The van der Waals surface area contributed by atoms with Gasteiger partial charge in [-0.15, -0.1) is 0 Å². The average molecular weight is 400 g/mol. The minimum absolute atomic E-state index is 0.0258. The second kappa shape index (κ2) is 6.07. The summed E-state index contributed by atoms with van der Waals surface area (Å²) in [5, 5.41) is 11.2. The molecule has 1 aromatic carbocycles. The van der Waals surface area contributed by atoms with Gasteiger partial charge in [-0.2, -0.15) is 5.10 Å². The Bertz CT molecular complexity index is 1170. The number of hydrogen-bond acceptors (Lipinski definition) is 6. The van der Waals surface area contributed by atoms with E-state index in [0.717, 1.165) is 28.8 Å². The molecule has 0 aliphatic heterocycles. The molecule has 8 nitrogen and oxygen atoms in total. The molecule has 4 aromatic rings. The summed E-state index contributed by atoms with van der Waals surface area (Å²) in [4.78, 5) is 20.6. The van der Waals surface area contributed by atoms with Crippen LogP contribution in [-0.4, -0.2) is 30.6 Å². The van der Waals surface area contributed by atoms with Gasteiger partial charge in [-0.3, -0.25) is 14.5 Å². The number of nitrogen functional groups attached to an aromatic ring is 1. The van der Waals surface area contributed by atoms with Gasteiger partial charge in [-0.05, 0) is 31.0 Å². The Kier molecular flexibility index (Phi) is 3.66. The van der Waals surface area contributed by atoms with E-state index in [1.807, 2.05) is 10.6 Å². The molecule has 0 spiro atoms. The standard InChI is InChI=1S/C17H14ClN7OS/c18-11-5-9(19)3-4-10(11)12-6-20-7-25(12)15-13-14(23-24-15)21-17(27-13)22-16(26)8-1-2-8/h3-8H,1-2,19H2,(H2,21,22,23,24,26). The van der Waals surface area contributed by atoms with Gasteiger partial charge in [0, 0.05) is 17.2 Å². The first-order chi connectivity index (χ1) is 13.1. The molecule has 1 aliphatic carbocycles. The lowest BCUT2D eigenvalue weighted by Crippen LogP contribution is -2.12.